The van der Waals surface area contributed by atoms with Crippen LogP contribution >= 0.6 is 0 Å². The maximum atomic E-state index is 15.1. The largest absolute Gasteiger partial charge is 0.523 e. The van der Waals surface area contributed by atoms with Gasteiger partial charge in [-0.1, -0.05) is 44.2 Å². The van der Waals surface area contributed by atoms with Crippen LogP contribution in [0.25, 0.3) is 38.4 Å². The molecule has 2 aliphatic carbocycles. The molecule has 0 bridgehead atoms. The highest BCUT2D eigenvalue weighted by Gasteiger charge is 2.50. The first kappa shape index (κ1) is 22.4. The molecule has 4 aromatic rings. The molecule has 0 fully saturated rings. The fourth-order valence-electron chi connectivity index (χ4n) is 6.28. The van der Waals surface area contributed by atoms with Crippen molar-refractivity contribution in [3.63, 3.8) is 0 Å². The van der Waals surface area contributed by atoms with E-state index in [4.69, 9.17) is 16.5 Å². The Morgan fingerprint density at radius 2 is 1.83 bits per heavy atom. The van der Waals surface area contributed by atoms with E-state index in [0.29, 0.717) is 35.6 Å². The summed E-state index contributed by atoms with van der Waals surface area (Å²) in [5.41, 5.74) is 4.40. The van der Waals surface area contributed by atoms with Crippen molar-refractivity contribution in [1.82, 2.24) is 15.0 Å². The van der Waals surface area contributed by atoms with Gasteiger partial charge in [0.25, 0.3) is 0 Å². The molecule has 2 aliphatic rings. The van der Waals surface area contributed by atoms with Gasteiger partial charge < -0.3 is 5.11 Å². The molecule has 2 aromatic carbocycles. The summed E-state index contributed by atoms with van der Waals surface area (Å²) in [7, 11) is 0. The van der Waals surface area contributed by atoms with E-state index in [1.54, 1.807) is 18.3 Å². The third-order valence-electron chi connectivity index (χ3n) is 8.09. The van der Waals surface area contributed by atoms with Crippen LogP contribution in [-0.4, -0.2) is 20.1 Å². The lowest BCUT2D eigenvalue weighted by atomic mass is 9.57. The van der Waals surface area contributed by atoms with Gasteiger partial charge in [0.2, 0.25) is 5.70 Å². The Labute approximate surface area is 209 Å². The van der Waals surface area contributed by atoms with Gasteiger partial charge in [-0.15, -0.1) is 0 Å². The number of allylic oxidation sites excluding steroid dienone is 2. The van der Waals surface area contributed by atoms with E-state index in [2.05, 4.69) is 16.8 Å². The van der Waals surface area contributed by atoms with Gasteiger partial charge in [-0.25, -0.2) is 19.2 Å². The smallest absolute Gasteiger partial charge is 0.203 e. The second kappa shape index (κ2) is 8.23. The van der Waals surface area contributed by atoms with Crippen molar-refractivity contribution in [2.75, 3.05) is 0 Å². The van der Waals surface area contributed by atoms with Crippen molar-refractivity contribution in [2.45, 2.75) is 38.5 Å². The summed E-state index contributed by atoms with van der Waals surface area (Å²) < 4.78 is 15.1. The minimum atomic E-state index is -0.486. The number of nitrogens with zero attached hydrogens (tertiary/aromatic N) is 4. The second-order valence-corrected chi connectivity index (χ2v) is 10.1. The summed E-state index contributed by atoms with van der Waals surface area (Å²) in [6.07, 6.45) is 3.63. The van der Waals surface area contributed by atoms with Crippen LogP contribution < -0.4 is 0 Å². The zero-order chi connectivity index (χ0) is 25.0. The SMILES string of the molecule is [C-]#[N+]C1=C(O)[C@H](C)[C@H]2CCc3c(-c4ccccc4F)nc(-c4ccnc5ccccc45)nc3[C@]2(C)C1. The number of rotatable bonds is 2. The van der Waals surface area contributed by atoms with E-state index in [1.165, 1.54) is 6.07 Å². The molecule has 178 valence electrons. The number of halogens is 1. The quantitative estimate of drug-likeness (QED) is 0.315. The van der Waals surface area contributed by atoms with Gasteiger partial charge in [-0.2, -0.15) is 0 Å². The molecule has 0 amide bonds. The van der Waals surface area contributed by atoms with Crippen LogP contribution in [0.2, 0.25) is 0 Å². The summed E-state index contributed by atoms with van der Waals surface area (Å²) >= 11 is 0. The summed E-state index contributed by atoms with van der Waals surface area (Å²) in [5.74, 6) is 0.342. The molecule has 0 aliphatic heterocycles. The molecule has 0 radical (unpaired) electrons. The van der Waals surface area contributed by atoms with Crippen LogP contribution in [0.4, 0.5) is 4.39 Å². The van der Waals surface area contributed by atoms with Gasteiger partial charge in [0.05, 0.1) is 29.2 Å². The summed E-state index contributed by atoms with van der Waals surface area (Å²) in [5, 5.41) is 11.7. The van der Waals surface area contributed by atoms with Crippen molar-refractivity contribution < 1.29 is 9.50 Å². The number of aromatic nitrogens is 3. The number of aliphatic hydroxyl groups excluding tert-OH is 1. The Kier molecular flexibility index (Phi) is 5.11. The number of fused-ring (bicyclic) bond motifs is 4. The lowest BCUT2D eigenvalue weighted by Crippen LogP contribution is -2.45. The molecule has 2 heterocycles. The van der Waals surface area contributed by atoms with Crippen molar-refractivity contribution >= 4 is 10.9 Å². The molecular formula is C30H25FN4O. The Morgan fingerprint density at radius 1 is 1.06 bits per heavy atom. The molecule has 0 saturated heterocycles. The lowest BCUT2D eigenvalue weighted by molar-refractivity contribution is 0.135. The summed E-state index contributed by atoms with van der Waals surface area (Å²) in [4.78, 5) is 18.3. The minimum absolute atomic E-state index is 0.112. The first-order valence-electron chi connectivity index (χ1n) is 12.2. The van der Waals surface area contributed by atoms with Crippen molar-refractivity contribution in [3.8, 4) is 22.6 Å². The zero-order valence-electron chi connectivity index (χ0n) is 20.2. The summed E-state index contributed by atoms with van der Waals surface area (Å²) in [6, 6.07) is 16.5. The van der Waals surface area contributed by atoms with E-state index in [1.807, 2.05) is 43.3 Å². The van der Waals surface area contributed by atoms with E-state index in [0.717, 1.165) is 34.1 Å². The molecule has 0 spiro atoms. The Morgan fingerprint density at radius 3 is 2.64 bits per heavy atom. The number of hydrogen-bond donors (Lipinski definition) is 1. The molecular weight excluding hydrogens is 451 g/mol. The maximum absolute atomic E-state index is 15.1. The van der Waals surface area contributed by atoms with Gasteiger partial charge in [-0.05, 0) is 49.4 Å². The van der Waals surface area contributed by atoms with E-state index in [9.17, 15) is 5.11 Å². The molecule has 2 aromatic heterocycles. The molecule has 6 heteroatoms. The number of hydrogen-bond acceptors (Lipinski definition) is 4. The van der Waals surface area contributed by atoms with Crippen LogP contribution in [0.15, 0.2) is 72.3 Å². The molecule has 5 nitrogen and oxygen atoms in total. The highest BCUT2D eigenvalue weighted by Crippen LogP contribution is 2.54. The highest BCUT2D eigenvalue weighted by molar-refractivity contribution is 5.92. The van der Waals surface area contributed by atoms with E-state index >= 15 is 4.39 Å². The van der Waals surface area contributed by atoms with Crippen molar-refractivity contribution in [1.29, 1.82) is 0 Å². The first-order chi connectivity index (χ1) is 17.4. The van der Waals surface area contributed by atoms with E-state index < -0.39 is 5.41 Å². The van der Waals surface area contributed by atoms with E-state index in [-0.39, 0.29) is 23.4 Å². The Hall–Kier alpha value is -4.11. The molecule has 36 heavy (non-hydrogen) atoms. The van der Waals surface area contributed by atoms with Crippen LogP contribution in [-0.2, 0) is 11.8 Å². The third-order valence-corrected chi connectivity index (χ3v) is 8.09. The topological polar surface area (TPSA) is 63.3 Å². The standard InChI is InChI=1S/C30H25FN4O/c1-17-22-13-12-21-26(20-9-4-6-10-23(20)31)34-29(19-14-15-33-24-11-7-5-8-18(19)24)35-28(21)30(22,2)16-25(32-3)27(17)36/h4-11,14-15,17,22,36H,12-13,16H2,1-2H3/t17-,22-,30-/m1/s1. The fraction of sp³-hybridized carbons (Fsp3) is 0.267. The van der Waals surface area contributed by atoms with Crippen molar-refractivity contribution in [2.24, 2.45) is 11.8 Å². The lowest BCUT2D eigenvalue weighted by Gasteiger charge is -2.48. The number of benzene rings is 2. The third kappa shape index (κ3) is 3.23. The van der Waals surface area contributed by atoms with Crippen LogP contribution in [0.1, 0.15) is 37.9 Å². The number of para-hydroxylation sites is 1. The predicted molar refractivity (Wildman–Crippen MR) is 137 cm³/mol. The van der Waals surface area contributed by atoms with Gasteiger partial charge in [0.1, 0.15) is 5.82 Å². The predicted octanol–water partition coefficient (Wildman–Crippen LogP) is 7.05. The van der Waals surface area contributed by atoms with Gasteiger partial charge in [-0.3, -0.25) is 4.98 Å². The Balaban J connectivity index is 1.67. The van der Waals surface area contributed by atoms with Gasteiger partial charge in [0, 0.05) is 39.6 Å². The molecule has 3 atom stereocenters. The van der Waals surface area contributed by atoms with Gasteiger partial charge in [0.15, 0.2) is 5.82 Å². The monoisotopic (exact) mass is 476 g/mol. The maximum Gasteiger partial charge on any atom is 0.203 e. The summed E-state index contributed by atoms with van der Waals surface area (Å²) in [6.45, 7) is 11.8. The zero-order valence-corrected chi connectivity index (χ0v) is 20.2. The molecule has 0 saturated carbocycles. The van der Waals surface area contributed by atoms with Gasteiger partial charge >= 0.3 is 0 Å². The first-order valence-corrected chi connectivity index (χ1v) is 12.2. The Bertz CT molecular complexity index is 1600. The number of aliphatic hydroxyl groups is 1. The molecule has 1 N–H and O–H groups in total. The molecule has 0 unspecified atom stereocenters. The second-order valence-electron chi connectivity index (χ2n) is 10.1. The minimum Gasteiger partial charge on any atom is -0.523 e. The molecule has 6 rings (SSSR count). The average Bonchev–Trinajstić information content (AvgIpc) is 2.90. The van der Waals surface area contributed by atoms with Crippen molar-refractivity contribution in [3.05, 3.63) is 101 Å². The van der Waals surface area contributed by atoms with Crippen LogP contribution in [0.3, 0.4) is 0 Å². The average molecular weight is 477 g/mol. The highest BCUT2D eigenvalue weighted by atomic mass is 19.1. The number of pyridine rings is 1. The van der Waals surface area contributed by atoms with Crippen LogP contribution in [0, 0.1) is 24.2 Å². The van der Waals surface area contributed by atoms with Crippen LogP contribution in [0.5, 0.6) is 0 Å². The normalized spacial score (nSPS) is 23.2. The fourth-order valence-corrected chi connectivity index (χ4v) is 6.28.